The van der Waals surface area contributed by atoms with Gasteiger partial charge in [-0.15, -0.1) is 0 Å². The maximum atomic E-state index is 12.4. The van der Waals surface area contributed by atoms with Crippen molar-refractivity contribution in [2.45, 2.75) is 13.1 Å². The molecule has 1 aromatic carbocycles. The molecule has 2 N–H and O–H groups in total. The van der Waals surface area contributed by atoms with E-state index in [1.54, 1.807) is 0 Å². The number of aromatic carboxylic acids is 1. The Labute approximate surface area is 108 Å². The fraction of sp³-hybridized carbons (Fsp3) is 0.417. The van der Waals surface area contributed by atoms with Crippen molar-refractivity contribution in [3.63, 3.8) is 0 Å². The summed E-state index contributed by atoms with van der Waals surface area (Å²) in [5.74, 6) is -1.13. The Hall–Kier alpha value is -1.76. The third-order valence-electron chi connectivity index (χ3n) is 2.55. The Balaban J connectivity index is 3.03. The Morgan fingerprint density at radius 1 is 1.37 bits per heavy atom. The van der Waals surface area contributed by atoms with Gasteiger partial charge in [-0.2, -0.15) is 13.2 Å². The van der Waals surface area contributed by atoms with Crippen molar-refractivity contribution in [2.24, 2.45) is 0 Å². The summed E-state index contributed by atoms with van der Waals surface area (Å²) in [7, 11) is 0. The van der Waals surface area contributed by atoms with Gasteiger partial charge in [0, 0.05) is 12.2 Å². The highest BCUT2D eigenvalue weighted by Crippen LogP contribution is 2.24. The lowest BCUT2D eigenvalue weighted by atomic mass is 10.1. The monoisotopic (exact) mass is 277 g/mol. The molecule has 0 saturated carbocycles. The quantitative estimate of drug-likeness (QED) is 0.864. The number of halogens is 3. The molecule has 1 aromatic rings. The van der Waals surface area contributed by atoms with Crippen LogP contribution in [0.25, 0.3) is 0 Å². The number of aryl methyl sites for hydroxylation is 1. The topological polar surface area (TPSA) is 60.8 Å². The number of aliphatic hydroxyl groups excluding tert-OH is 1. The first-order chi connectivity index (χ1) is 8.74. The summed E-state index contributed by atoms with van der Waals surface area (Å²) in [4.78, 5) is 11.8. The van der Waals surface area contributed by atoms with Crippen LogP contribution in [-0.2, 0) is 0 Å². The van der Waals surface area contributed by atoms with Gasteiger partial charge in [0.05, 0.1) is 12.2 Å². The summed E-state index contributed by atoms with van der Waals surface area (Å²) in [5.41, 5.74) is 0.642. The molecule has 106 valence electrons. The molecule has 0 heterocycles. The summed E-state index contributed by atoms with van der Waals surface area (Å²) in [5, 5.41) is 17.7. The number of alkyl halides is 3. The van der Waals surface area contributed by atoms with Gasteiger partial charge in [-0.3, -0.25) is 0 Å². The number of benzene rings is 1. The van der Waals surface area contributed by atoms with Crippen molar-refractivity contribution in [3.05, 3.63) is 29.3 Å². The van der Waals surface area contributed by atoms with E-state index in [2.05, 4.69) is 0 Å². The molecule has 0 saturated heterocycles. The zero-order valence-electron chi connectivity index (χ0n) is 10.2. The van der Waals surface area contributed by atoms with Gasteiger partial charge < -0.3 is 15.1 Å². The molecule has 0 aromatic heterocycles. The second kappa shape index (κ2) is 5.92. The zero-order chi connectivity index (χ0) is 14.6. The van der Waals surface area contributed by atoms with Crippen LogP contribution in [0.1, 0.15) is 15.9 Å². The summed E-state index contributed by atoms with van der Waals surface area (Å²) in [6.45, 7) is -0.280. The lowest BCUT2D eigenvalue weighted by molar-refractivity contribution is -0.119. The molecule has 0 spiro atoms. The second-order valence-electron chi connectivity index (χ2n) is 4.06. The number of anilines is 1. The fourth-order valence-electron chi connectivity index (χ4n) is 1.72. The number of carboxylic acids is 1. The third kappa shape index (κ3) is 4.44. The Kier molecular flexibility index (Phi) is 4.77. The van der Waals surface area contributed by atoms with Crippen LogP contribution >= 0.6 is 0 Å². The van der Waals surface area contributed by atoms with Crippen LogP contribution < -0.4 is 4.90 Å². The molecule has 0 bridgehead atoms. The average molecular weight is 277 g/mol. The van der Waals surface area contributed by atoms with Crippen LogP contribution in [0, 0.1) is 6.92 Å². The van der Waals surface area contributed by atoms with Crippen molar-refractivity contribution in [1.82, 2.24) is 0 Å². The van der Waals surface area contributed by atoms with Gasteiger partial charge in [-0.25, -0.2) is 4.79 Å². The summed E-state index contributed by atoms with van der Waals surface area (Å²) in [6, 6.07) is 3.93. The Morgan fingerprint density at radius 3 is 2.42 bits per heavy atom. The zero-order valence-corrected chi connectivity index (χ0v) is 10.2. The van der Waals surface area contributed by atoms with Gasteiger partial charge in [0.25, 0.3) is 0 Å². The lowest BCUT2D eigenvalue weighted by Crippen LogP contribution is -2.36. The summed E-state index contributed by atoms with van der Waals surface area (Å²) < 4.78 is 37.2. The summed E-state index contributed by atoms with van der Waals surface area (Å²) in [6.07, 6.45) is -4.39. The van der Waals surface area contributed by atoms with Crippen LogP contribution in [0.15, 0.2) is 18.2 Å². The van der Waals surface area contributed by atoms with Crippen LogP contribution in [0.5, 0.6) is 0 Å². The van der Waals surface area contributed by atoms with Gasteiger partial charge >= 0.3 is 12.1 Å². The van der Waals surface area contributed by atoms with E-state index in [0.29, 0.717) is 5.56 Å². The third-order valence-corrected chi connectivity index (χ3v) is 2.55. The number of aliphatic hydroxyl groups is 1. The molecule has 19 heavy (non-hydrogen) atoms. The highest BCUT2D eigenvalue weighted by atomic mass is 19.4. The standard InChI is InChI=1S/C12H14F3NO3/c1-8-6-9(2-3-10(8)11(18)19)16(4-5-17)7-12(13,14)15/h2-3,6,17H,4-5,7H2,1H3,(H,18,19). The smallest absolute Gasteiger partial charge is 0.405 e. The minimum Gasteiger partial charge on any atom is -0.478 e. The number of nitrogens with zero attached hydrogens (tertiary/aromatic N) is 1. The van der Waals surface area contributed by atoms with E-state index in [9.17, 15) is 18.0 Å². The lowest BCUT2D eigenvalue weighted by Gasteiger charge is -2.25. The minimum atomic E-state index is -4.39. The molecule has 4 nitrogen and oxygen atoms in total. The molecule has 0 aliphatic carbocycles. The molecule has 1 rings (SSSR count). The minimum absolute atomic E-state index is 0.0414. The molecular weight excluding hydrogens is 263 g/mol. The number of hydrogen-bond donors (Lipinski definition) is 2. The van der Waals surface area contributed by atoms with E-state index >= 15 is 0 Å². The number of carbonyl (C=O) groups is 1. The van der Waals surface area contributed by atoms with Crippen molar-refractivity contribution in [3.8, 4) is 0 Å². The predicted molar refractivity (Wildman–Crippen MR) is 63.5 cm³/mol. The number of hydrogen-bond acceptors (Lipinski definition) is 3. The van der Waals surface area contributed by atoms with Crippen molar-refractivity contribution in [2.75, 3.05) is 24.6 Å². The van der Waals surface area contributed by atoms with E-state index in [1.165, 1.54) is 25.1 Å². The number of rotatable bonds is 5. The van der Waals surface area contributed by atoms with Gasteiger partial charge in [0.15, 0.2) is 0 Å². The molecule has 0 atom stereocenters. The maximum absolute atomic E-state index is 12.4. The van der Waals surface area contributed by atoms with E-state index in [1.807, 2.05) is 0 Å². The van der Waals surface area contributed by atoms with E-state index in [-0.39, 0.29) is 17.8 Å². The summed E-state index contributed by atoms with van der Waals surface area (Å²) >= 11 is 0. The first kappa shape index (κ1) is 15.3. The van der Waals surface area contributed by atoms with Crippen LogP contribution in [0.2, 0.25) is 0 Å². The van der Waals surface area contributed by atoms with E-state index in [0.717, 1.165) is 4.90 Å². The fourth-order valence-corrected chi connectivity index (χ4v) is 1.72. The Bertz CT molecular complexity index is 460. The van der Waals surface area contributed by atoms with Crippen molar-refractivity contribution < 1.29 is 28.2 Å². The molecule has 7 heteroatoms. The maximum Gasteiger partial charge on any atom is 0.405 e. The highest BCUT2D eigenvalue weighted by molar-refractivity contribution is 5.89. The first-order valence-corrected chi connectivity index (χ1v) is 5.51. The molecule has 0 aliphatic rings. The van der Waals surface area contributed by atoms with Crippen molar-refractivity contribution >= 4 is 11.7 Å². The highest BCUT2D eigenvalue weighted by Gasteiger charge is 2.30. The normalized spacial score (nSPS) is 11.4. The van der Waals surface area contributed by atoms with Gasteiger partial charge in [0.2, 0.25) is 0 Å². The molecule has 0 fully saturated rings. The first-order valence-electron chi connectivity index (χ1n) is 5.51. The predicted octanol–water partition coefficient (Wildman–Crippen LogP) is 2.05. The SMILES string of the molecule is Cc1cc(N(CCO)CC(F)(F)F)ccc1C(=O)O. The van der Waals surface area contributed by atoms with Crippen LogP contribution in [-0.4, -0.2) is 42.1 Å². The van der Waals surface area contributed by atoms with Crippen LogP contribution in [0.3, 0.4) is 0 Å². The van der Waals surface area contributed by atoms with Gasteiger partial charge in [-0.1, -0.05) is 0 Å². The average Bonchev–Trinajstić information content (AvgIpc) is 2.26. The van der Waals surface area contributed by atoms with E-state index in [4.69, 9.17) is 10.2 Å². The molecular formula is C12H14F3NO3. The molecule has 0 aliphatic heterocycles. The Morgan fingerprint density at radius 2 is 2.00 bits per heavy atom. The molecule has 0 radical (unpaired) electrons. The van der Waals surface area contributed by atoms with Gasteiger partial charge in [0.1, 0.15) is 6.54 Å². The van der Waals surface area contributed by atoms with Crippen LogP contribution in [0.4, 0.5) is 18.9 Å². The van der Waals surface area contributed by atoms with Crippen molar-refractivity contribution in [1.29, 1.82) is 0 Å². The second-order valence-corrected chi connectivity index (χ2v) is 4.06. The van der Waals surface area contributed by atoms with E-state index < -0.39 is 25.3 Å². The molecule has 0 amide bonds. The van der Waals surface area contributed by atoms with Gasteiger partial charge in [-0.05, 0) is 30.7 Å². The number of carboxylic acid groups (broad SMARTS) is 1. The largest absolute Gasteiger partial charge is 0.478 e. The molecule has 0 unspecified atom stereocenters.